The normalized spacial score (nSPS) is 9.75. The third-order valence-electron chi connectivity index (χ3n) is 2.66. The fourth-order valence-corrected chi connectivity index (χ4v) is 1.85. The molecule has 0 saturated heterocycles. The first-order chi connectivity index (χ1) is 9.74. The predicted molar refractivity (Wildman–Crippen MR) is 79.8 cm³/mol. The lowest BCUT2D eigenvalue weighted by Crippen LogP contribution is -2.22. The van der Waals surface area contributed by atoms with Gasteiger partial charge >= 0.3 is 0 Å². The molecule has 102 valence electrons. The van der Waals surface area contributed by atoms with Crippen LogP contribution in [0, 0.1) is 18.8 Å². The van der Waals surface area contributed by atoms with Crippen LogP contribution in [0.15, 0.2) is 36.4 Å². The molecule has 0 aliphatic carbocycles. The summed E-state index contributed by atoms with van der Waals surface area (Å²) >= 11 is 0. The molecule has 20 heavy (non-hydrogen) atoms. The van der Waals surface area contributed by atoms with Gasteiger partial charge in [0.15, 0.2) is 0 Å². The number of nitrogens with zero attached hydrogens (tertiary/aromatic N) is 3. The number of ether oxygens (including phenoxy) is 1. The van der Waals surface area contributed by atoms with Crippen LogP contribution in [-0.4, -0.2) is 23.8 Å². The number of rotatable bonds is 4. The van der Waals surface area contributed by atoms with E-state index in [1.54, 1.807) is 14.0 Å². The first kappa shape index (κ1) is 14.0. The second-order valence-corrected chi connectivity index (χ2v) is 4.25. The summed E-state index contributed by atoms with van der Waals surface area (Å²) in [6.07, 6.45) is 0. The zero-order chi connectivity index (χ0) is 14.4. The molecular formula is C16H17N3O. The summed E-state index contributed by atoms with van der Waals surface area (Å²) in [6.45, 7) is 4.11. The fourth-order valence-electron chi connectivity index (χ4n) is 1.85. The van der Waals surface area contributed by atoms with Gasteiger partial charge in [0.1, 0.15) is 12.4 Å². The van der Waals surface area contributed by atoms with Crippen LogP contribution in [0.25, 0.3) is 0 Å². The number of para-hydroxylation sites is 1. The standard InChI is InChI=1S/C16H17N3O/c1-4-8-14-11-13(2)17-16(18-14)19(12-20-3)15-9-6-5-7-10-15/h5-7,9-11H,12H2,1-3H3. The Bertz CT molecular complexity index is 629. The number of hydrogen-bond acceptors (Lipinski definition) is 4. The van der Waals surface area contributed by atoms with Crippen molar-refractivity contribution in [1.29, 1.82) is 0 Å². The Morgan fingerprint density at radius 2 is 1.95 bits per heavy atom. The minimum atomic E-state index is 0.381. The van der Waals surface area contributed by atoms with Crippen LogP contribution in [0.4, 0.5) is 11.6 Å². The number of methoxy groups -OCH3 is 1. The van der Waals surface area contributed by atoms with Crippen LogP contribution >= 0.6 is 0 Å². The fraction of sp³-hybridized carbons (Fsp3) is 0.250. The van der Waals surface area contributed by atoms with E-state index < -0.39 is 0 Å². The first-order valence-electron chi connectivity index (χ1n) is 6.34. The quantitative estimate of drug-likeness (QED) is 0.630. The zero-order valence-electron chi connectivity index (χ0n) is 11.9. The van der Waals surface area contributed by atoms with E-state index in [1.165, 1.54) is 0 Å². The Kier molecular flexibility index (Phi) is 4.70. The van der Waals surface area contributed by atoms with Crippen LogP contribution in [-0.2, 0) is 4.74 Å². The summed E-state index contributed by atoms with van der Waals surface area (Å²) in [5, 5.41) is 0. The highest BCUT2D eigenvalue weighted by molar-refractivity contribution is 5.57. The van der Waals surface area contributed by atoms with Crippen molar-refractivity contribution >= 4 is 11.6 Å². The SMILES string of the molecule is CC#Cc1cc(C)nc(N(COC)c2ccccc2)n1. The van der Waals surface area contributed by atoms with Gasteiger partial charge in [-0.15, -0.1) is 0 Å². The Morgan fingerprint density at radius 1 is 1.20 bits per heavy atom. The van der Waals surface area contributed by atoms with Crippen molar-refractivity contribution in [2.75, 3.05) is 18.7 Å². The van der Waals surface area contributed by atoms with Crippen molar-refractivity contribution in [1.82, 2.24) is 9.97 Å². The molecule has 0 radical (unpaired) electrons. The molecule has 0 bridgehead atoms. The Balaban J connectivity index is 2.46. The van der Waals surface area contributed by atoms with Crippen LogP contribution in [0.3, 0.4) is 0 Å². The minimum absolute atomic E-state index is 0.381. The molecule has 0 aliphatic heterocycles. The van der Waals surface area contributed by atoms with Crippen molar-refractivity contribution in [3.63, 3.8) is 0 Å². The number of hydrogen-bond donors (Lipinski definition) is 0. The van der Waals surface area contributed by atoms with Crippen molar-refractivity contribution in [2.45, 2.75) is 13.8 Å². The summed E-state index contributed by atoms with van der Waals surface area (Å²) in [5.74, 6) is 6.42. The van der Waals surface area contributed by atoms with E-state index in [0.717, 1.165) is 11.4 Å². The van der Waals surface area contributed by atoms with Gasteiger partial charge in [0.05, 0.1) is 0 Å². The summed E-state index contributed by atoms with van der Waals surface area (Å²) in [6, 6.07) is 11.8. The number of anilines is 2. The molecule has 0 spiro atoms. The molecule has 2 rings (SSSR count). The maximum absolute atomic E-state index is 5.26. The van der Waals surface area contributed by atoms with Gasteiger partial charge < -0.3 is 4.74 Å². The number of aryl methyl sites for hydroxylation is 1. The molecule has 1 aromatic heterocycles. The molecule has 1 aromatic carbocycles. The Hall–Kier alpha value is -2.38. The molecule has 0 aliphatic rings. The highest BCUT2D eigenvalue weighted by Crippen LogP contribution is 2.21. The maximum Gasteiger partial charge on any atom is 0.233 e. The van der Waals surface area contributed by atoms with Gasteiger partial charge in [-0.25, -0.2) is 9.97 Å². The molecule has 4 heteroatoms. The topological polar surface area (TPSA) is 38.2 Å². The van der Waals surface area contributed by atoms with Gasteiger partial charge in [0.2, 0.25) is 5.95 Å². The Morgan fingerprint density at radius 3 is 2.60 bits per heavy atom. The average Bonchev–Trinajstić information content (AvgIpc) is 2.45. The molecular weight excluding hydrogens is 250 g/mol. The van der Waals surface area contributed by atoms with Crippen molar-refractivity contribution in [2.24, 2.45) is 0 Å². The largest absolute Gasteiger partial charge is 0.364 e. The van der Waals surface area contributed by atoms with Gasteiger partial charge in [-0.2, -0.15) is 0 Å². The smallest absolute Gasteiger partial charge is 0.233 e. The minimum Gasteiger partial charge on any atom is -0.364 e. The number of aromatic nitrogens is 2. The Labute approximate surface area is 119 Å². The summed E-state index contributed by atoms with van der Waals surface area (Å²) in [4.78, 5) is 10.9. The van der Waals surface area contributed by atoms with E-state index in [9.17, 15) is 0 Å². The van der Waals surface area contributed by atoms with E-state index in [0.29, 0.717) is 18.4 Å². The van der Waals surface area contributed by atoms with Gasteiger partial charge in [0, 0.05) is 18.5 Å². The third-order valence-corrected chi connectivity index (χ3v) is 2.66. The maximum atomic E-state index is 5.26. The van der Waals surface area contributed by atoms with Gasteiger partial charge in [-0.1, -0.05) is 24.1 Å². The van der Waals surface area contributed by atoms with Gasteiger partial charge in [-0.05, 0) is 38.0 Å². The lowest BCUT2D eigenvalue weighted by Gasteiger charge is -2.22. The van der Waals surface area contributed by atoms with Gasteiger partial charge in [-0.3, -0.25) is 4.90 Å². The first-order valence-corrected chi connectivity index (χ1v) is 6.34. The molecule has 0 saturated carbocycles. The zero-order valence-corrected chi connectivity index (χ0v) is 11.9. The second kappa shape index (κ2) is 6.69. The summed E-state index contributed by atoms with van der Waals surface area (Å²) < 4.78 is 5.26. The van der Waals surface area contributed by atoms with Crippen LogP contribution < -0.4 is 4.90 Å². The molecule has 4 nitrogen and oxygen atoms in total. The van der Waals surface area contributed by atoms with Crippen molar-refractivity contribution in [3.8, 4) is 11.8 Å². The highest BCUT2D eigenvalue weighted by atomic mass is 16.5. The molecule has 0 fully saturated rings. The molecule has 0 atom stereocenters. The lowest BCUT2D eigenvalue weighted by molar-refractivity contribution is 0.205. The average molecular weight is 267 g/mol. The van der Waals surface area contributed by atoms with Crippen molar-refractivity contribution in [3.05, 3.63) is 47.8 Å². The van der Waals surface area contributed by atoms with E-state index >= 15 is 0 Å². The van der Waals surface area contributed by atoms with Crippen LogP contribution in [0.1, 0.15) is 18.3 Å². The van der Waals surface area contributed by atoms with E-state index in [2.05, 4.69) is 21.8 Å². The van der Waals surface area contributed by atoms with Crippen molar-refractivity contribution < 1.29 is 4.74 Å². The molecule has 0 unspecified atom stereocenters. The second-order valence-electron chi connectivity index (χ2n) is 4.25. The monoisotopic (exact) mass is 267 g/mol. The lowest BCUT2D eigenvalue weighted by atomic mass is 10.3. The molecule has 0 amide bonds. The predicted octanol–water partition coefficient (Wildman–Crippen LogP) is 2.90. The van der Waals surface area contributed by atoms with Crippen LogP contribution in [0.2, 0.25) is 0 Å². The summed E-state index contributed by atoms with van der Waals surface area (Å²) in [7, 11) is 1.65. The van der Waals surface area contributed by atoms with Crippen LogP contribution in [0.5, 0.6) is 0 Å². The molecule has 1 heterocycles. The van der Waals surface area contributed by atoms with E-state index in [-0.39, 0.29) is 0 Å². The summed E-state index contributed by atoms with van der Waals surface area (Å²) in [5.41, 5.74) is 2.58. The van der Waals surface area contributed by atoms with Gasteiger partial charge in [0.25, 0.3) is 0 Å². The van der Waals surface area contributed by atoms with E-state index in [1.807, 2.05) is 48.2 Å². The molecule has 0 N–H and O–H groups in total. The van der Waals surface area contributed by atoms with E-state index in [4.69, 9.17) is 4.74 Å². The molecule has 2 aromatic rings. The number of benzene rings is 1. The third kappa shape index (κ3) is 3.34. The highest BCUT2D eigenvalue weighted by Gasteiger charge is 2.12.